The van der Waals surface area contributed by atoms with E-state index in [4.69, 9.17) is 15.6 Å². The maximum atomic E-state index is 9.00. The van der Waals surface area contributed by atoms with Gasteiger partial charge in [-0.2, -0.15) is 0 Å². The molecule has 0 atom stereocenters. The normalized spacial score (nSPS) is 10.0. The summed E-state index contributed by atoms with van der Waals surface area (Å²) in [4.78, 5) is 11.0. The first-order valence-electron chi connectivity index (χ1n) is 11.4. The molecule has 0 radical (unpaired) electrons. The van der Waals surface area contributed by atoms with Crippen LogP contribution in [0.2, 0.25) is 0 Å². The van der Waals surface area contributed by atoms with E-state index in [9.17, 15) is 0 Å². The van der Waals surface area contributed by atoms with Crippen LogP contribution in [-0.2, 0) is 4.79 Å². The van der Waals surface area contributed by atoms with E-state index < -0.39 is 5.97 Å². The van der Waals surface area contributed by atoms with Crippen molar-refractivity contribution in [3.05, 3.63) is 0 Å². The van der Waals surface area contributed by atoms with Crippen LogP contribution >= 0.6 is 0 Å². The number of carbonyl (C=O) groups is 1. The minimum Gasteiger partial charge on any atom is -0.481 e. The average Bonchev–Trinajstić information content (AvgIpc) is 2.57. The minimum absolute atomic E-state index is 0.833. The molecule has 0 aliphatic rings. The van der Waals surface area contributed by atoms with E-state index in [2.05, 4.69) is 6.92 Å². The zero-order chi connectivity index (χ0) is 21.2. The van der Waals surface area contributed by atoms with Gasteiger partial charge in [0.25, 0.3) is 5.97 Å². The van der Waals surface area contributed by atoms with Gasteiger partial charge in [-0.3, -0.25) is 4.79 Å². The molecule has 0 unspecified atom stereocenters. The molecule has 0 aromatic rings. The summed E-state index contributed by atoms with van der Waals surface area (Å²) in [5.74, 6) is -0.833. The first-order valence-corrected chi connectivity index (χ1v) is 11.4. The third-order valence-corrected chi connectivity index (χ3v) is 4.06. The Balaban J connectivity index is -0.000000603. The maximum Gasteiger partial charge on any atom is 0.300 e. The van der Waals surface area contributed by atoms with Crippen LogP contribution in [0.25, 0.3) is 0 Å². The van der Waals surface area contributed by atoms with Crippen molar-refractivity contribution < 1.29 is 9.90 Å². The first kappa shape index (κ1) is 31.1. The first-order chi connectivity index (χ1) is 12.9. The third kappa shape index (κ3) is 58.6. The molecule has 4 nitrogen and oxygen atoms in total. The molecule has 3 N–H and O–H groups in total. The van der Waals surface area contributed by atoms with Crippen molar-refractivity contribution in [3.8, 4) is 0 Å². The molecule has 0 fully saturated rings. The van der Waals surface area contributed by atoms with E-state index in [1.54, 1.807) is 0 Å². The van der Waals surface area contributed by atoms with E-state index >= 15 is 0 Å². The molecule has 0 amide bonds. The van der Waals surface area contributed by atoms with Gasteiger partial charge in [-0.05, 0) is 34.1 Å². The van der Waals surface area contributed by atoms with Crippen molar-refractivity contribution >= 4 is 5.97 Å². The summed E-state index contributed by atoms with van der Waals surface area (Å²) in [5, 5.41) is 7.42. The number of aliphatic carboxylic acids is 1. The van der Waals surface area contributed by atoms with Crippen molar-refractivity contribution in [1.82, 2.24) is 4.90 Å². The molecular weight excluding hydrogens is 336 g/mol. The third-order valence-electron chi connectivity index (χ3n) is 4.06. The summed E-state index contributed by atoms with van der Waals surface area (Å²) in [6, 6.07) is 0. The van der Waals surface area contributed by atoms with Crippen LogP contribution in [0.5, 0.6) is 0 Å². The Kier molecular flexibility index (Phi) is 34.7. The predicted octanol–water partition coefficient (Wildman–Crippen LogP) is 6.48. The number of hydrogen-bond donors (Lipinski definition) is 2. The van der Waals surface area contributed by atoms with Gasteiger partial charge in [-0.15, -0.1) is 0 Å². The monoisotopic (exact) mass is 388 g/mol. The second-order valence-corrected chi connectivity index (χ2v) is 7.95. The van der Waals surface area contributed by atoms with Crippen LogP contribution in [0, 0.1) is 0 Å². The summed E-state index contributed by atoms with van der Waals surface area (Å²) in [6.07, 6.45) is 22.9. The Hall–Kier alpha value is -0.610. The van der Waals surface area contributed by atoms with Gasteiger partial charge in [0.1, 0.15) is 0 Å². The molecule has 0 saturated heterocycles. The van der Waals surface area contributed by atoms with E-state index in [0.29, 0.717) is 0 Å². The number of nitrogens with zero attached hydrogens (tertiary/aromatic N) is 1. The summed E-state index contributed by atoms with van der Waals surface area (Å²) in [5.41, 5.74) is 5.48. The lowest BCUT2D eigenvalue weighted by molar-refractivity contribution is -0.134. The molecule has 0 aromatic carbocycles. The van der Waals surface area contributed by atoms with Crippen LogP contribution in [-0.4, -0.2) is 43.7 Å². The lowest BCUT2D eigenvalue weighted by Gasteiger charge is -2.03. The van der Waals surface area contributed by atoms with Gasteiger partial charge in [0.2, 0.25) is 0 Å². The van der Waals surface area contributed by atoms with Crippen molar-refractivity contribution in [3.63, 3.8) is 0 Å². The molecule has 166 valence electrons. The lowest BCUT2D eigenvalue weighted by atomic mass is 10.0. The van der Waals surface area contributed by atoms with Crippen molar-refractivity contribution in [2.45, 2.75) is 117 Å². The molecule has 0 spiro atoms. The number of nitrogens with two attached hydrogens (primary N) is 1. The quantitative estimate of drug-likeness (QED) is 0.297. The Morgan fingerprint density at radius 1 is 0.667 bits per heavy atom. The van der Waals surface area contributed by atoms with E-state index in [1.165, 1.54) is 103 Å². The van der Waals surface area contributed by atoms with E-state index in [-0.39, 0.29) is 0 Å². The second kappa shape index (κ2) is 30.1. The maximum absolute atomic E-state index is 9.00. The molecule has 4 heteroatoms. The van der Waals surface area contributed by atoms with Crippen LogP contribution in [0.4, 0.5) is 0 Å². The number of carboxylic acids is 1. The van der Waals surface area contributed by atoms with Gasteiger partial charge in [0.05, 0.1) is 0 Å². The SMILES string of the molecule is CC(=O)O.CCCCCCCCCCCCCCCCCCN.CN(C)C. The summed E-state index contributed by atoms with van der Waals surface area (Å²) >= 11 is 0. The van der Waals surface area contributed by atoms with Gasteiger partial charge in [0, 0.05) is 6.92 Å². The van der Waals surface area contributed by atoms with Crippen LogP contribution in [0.1, 0.15) is 117 Å². The molecule has 0 heterocycles. The number of rotatable bonds is 16. The number of carboxylic acid groups (broad SMARTS) is 1. The molecule has 0 aromatic heterocycles. The highest BCUT2D eigenvalue weighted by molar-refractivity contribution is 5.62. The molecule has 0 rings (SSSR count). The van der Waals surface area contributed by atoms with Crippen LogP contribution in [0.15, 0.2) is 0 Å². The lowest BCUT2D eigenvalue weighted by Crippen LogP contribution is -1.99. The highest BCUT2D eigenvalue weighted by Crippen LogP contribution is 2.13. The van der Waals surface area contributed by atoms with Gasteiger partial charge < -0.3 is 15.7 Å². The van der Waals surface area contributed by atoms with Gasteiger partial charge >= 0.3 is 0 Å². The highest BCUT2D eigenvalue weighted by atomic mass is 16.4. The highest BCUT2D eigenvalue weighted by Gasteiger charge is 1.94. The van der Waals surface area contributed by atoms with Crippen molar-refractivity contribution in [2.75, 3.05) is 27.7 Å². The summed E-state index contributed by atoms with van der Waals surface area (Å²) < 4.78 is 0. The Morgan fingerprint density at radius 2 is 0.852 bits per heavy atom. The molecule has 27 heavy (non-hydrogen) atoms. The second-order valence-electron chi connectivity index (χ2n) is 7.95. The van der Waals surface area contributed by atoms with Crippen molar-refractivity contribution in [2.24, 2.45) is 5.73 Å². The van der Waals surface area contributed by atoms with E-state index in [1.807, 2.05) is 26.0 Å². The molecule has 0 bridgehead atoms. The molecule has 0 aliphatic carbocycles. The fraction of sp³-hybridized carbons (Fsp3) is 0.957. The minimum atomic E-state index is -0.833. The fourth-order valence-corrected chi connectivity index (χ4v) is 2.69. The predicted molar refractivity (Wildman–Crippen MR) is 122 cm³/mol. The van der Waals surface area contributed by atoms with E-state index in [0.717, 1.165) is 13.5 Å². The zero-order valence-electron chi connectivity index (χ0n) is 19.4. The summed E-state index contributed by atoms with van der Waals surface area (Å²) in [6.45, 7) is 4.25. The van der Waals surface area contributed by atoms with Gasteiger partial charge in [-0.1, -0.05) is 103 Å². The molecule has 0 aliphatic heterocycles. The largest absolute Gasteiger partial charge is 0.481 e. The topological polar surface area (TPSA) is 66.6 Å². The standard InChI is InChI=1S/C18H39N.C3H9N.C2H4O2/c1-2-3-4-5-6-7-8-9-10-11-12-13-14-15-16-17-18-19;1-4(2)3;1-2(3)4/h2-19H2,1H3;1-3H3;1H3,(H,3,4). The fourth-order valence-electron chi connectivity index (χ4n) is 2.69. The molecular formula is C23H52N2O2. The Morgan fingerprint density at radius 3 is 1.04 bits per heavy atom. The van der Waals surface area contributed by atoms with Gasteiger partial charge in [0.15, 0.2) is 0 Å². The zero-order valence-corrected chi connectivity index (χ0v) is 19.4. The van der Waals surface area contributed by atoms with Crippen molar-refractivity contribution in [1.29, 1.82) is 0 Å². The summed E-state index contributed by atoms with van der Waals surface area (Å²) in [7, 11) is 6.00. The number of unbranched alkanes of at least 4 members (excludes halogenated alkanes) is 15. The van der Waals surface area contributed by atoms with Crippen LogP contribution in [0.3, 0.4) is 0 Å². The van der Waals surface area contributed by atoms with Crippen LogP contribution < -0.4 is 5.73 Å². The Labute approximate surface area is 171 Å². The Bertz CT molecular complexity index is 236. The number of hydrogen-bond acceptors (Lipinski definition) is 3. The average molecular weight is 389 g/mol. The smallest absolute Gasteiger partial charge is 0.300 e. The molecule has 0 saturated carbocycles. The van der Waals surface area contributed by atoms with Gasteiger partial charge in [-0.25, -0.2) is 0 Å².